The van der Waals surface area contributed by atoms with Gasteiger partial charge in [-0.15, -0.1) is 0 Å². The SMILES string of the molecule is c1ccc(N2c3cccc4c3B3c5c2cccc5-n2c5c3c(ccc5c3ccc5oc6ccccc6c5c32)N4c2ccccc2)cc1. The average Bonchev–Trinajstić information content (AvgIpc) is 3.68. The van der Waals surface area contributed by atoms with E-state index in [-0.39, 0.29) is 6.71 Å². The second-order valence-corrected chi connectivity index (χ2v) is 12.9. The van der Waals surface area contributed by atoms with Gasteiger partial charge in [0.2, 0.25) is 0 Å². The minimum absolute atomic E-state index is 0.0967. The van der Waals surface area contributed by atoms with E-state index in [1.54, 1.807) is 0 Å². The number of benzene rings is 7. The van der Waals surface area contributed by atoms with Crippen LogP contribution in [0.1, 0.15) is 0 Å². The van der Waals surface area contributed by atoms with Gasteiger partial charge in [-0.25, -0.2) is 0 Å². The zero-order chi connectivity index (χ0) is 30.4. The maximum Gasteiger partial charge on any atom is 0.257 e. The molecule has 3 aliphatic heterocycles. The van der Waals surface area contributed by atoms with Crippen LogP contribution in [-0.2, 0) is 0 Å². The fourth-order valence-electron chi connectivity index (χ4n) is 8.99. The molecule has 0 unspecified atom stereocenters. The van der Waals surface area contributed by atoms with E-state index >= 15 is 0 Å². The van der Waals surface area contributed by atoms with E-state index in [9.17, 15) is 0 Å². The summed E-state index contributed by atoms with van der Waals surface area (Å²) in [5.74, 6) is 0. The number of nitrogens with zero attached hydrogens (tertiary/aromatic N) is 3. The summed E-state index contributed by atoms with van der Waals surface area (Å²) < 4.78 is 9.03. The fourth-order valence-corrected chi connectivity index (χ4v) is 8.99. The van der Waals surface area contributed by atoms with E-state index < -0.39 is 0 Å². The van der Waals surface area contributed by atoms with Gasteiger partial charge in [-0.1, -0.05) is 72.8 Å². The topological polar surface area (TPSA) is 24.6 Å². The van der Waals surface area contributed by atoms with Gasteiger partial charge in [0.25, 0.3) is 6.71 Å². The fraction of sp³-hybridized carbons (Fsp3) is 0. The summed E-state index contributed by atoms with van der Waals surface area (Å²) in [7, 11) is 0. The van der Waals surface area contributed by atoms with E-state index in [2.05, 4.69) is 160 Å². The van der Waals surface area contributed by atoms with Crippen LogP contribution < -0.4 is 26.2 Å². The van der Waals surface area contributed by atoms with Crippen molar-refractivity contribution in [3.05, 3.63) is 146 Å². The first-order valence-corrected chi connectivity index (χ1v) is 16.2. The summed E-state index contributed by atoms with van der Waals surface area (Å²) in [5.41, 5.74) is 16.9. The van der Waals surface area contributed by atoms with Gasteiger partial charge in [0.05, 0.1) is 16.4 Å². The number of aromatic nitrogens is 1. The molecule has 216 valence electrons. The highest BCUT2D eigenvalue weighted by atomic mass is 16.3. The number of rotatable bonds is 2. The molecule has 0 amide bonds. The number of para-hydroxylation sites is 3. The van der Waals surface area contributed by atoms with Gasteiger partial charge < -0.3 is 18.8 Å². The van der Waals surface area contributed by atoms with E-state index in [0.717, 1.165) is 27.9 Å². The predicted octanol–water partition coefficient (Wildman–Crippen LogP) is 9.08. The smallest absolute Gasteiger partial charge is 0.257 e. The van der Waals surface area contributed by atoms with Crippen LogP contribution in [0.3, 0.4) is 0 Å². The second-order valence-electron chi connectivity index (χ2n) is 12.9. The van der Waals surface area contributed by atoms with Gasteiger partial charge in [-0.2, -0.15) is 0 Å². The molecular weight excluding hydrogens is 573 g/mol. The third-order valence-corrected chi connectivity index (χ3v) is 10.7. The molecule has 12 rings (SSSR count). The van der Waals surface area contributed by atoms with Gasteiger partial charge in [-0.3, -0.25) is 0 Å². The third kappa shape index (κ3) is 2.79. The molecule has 0 aliphatic carbocycles. The second kappa shape index (κ2) is 8.33. The molecule has 9 aromatic rings. The number of fused-ring (bicyclic) bond motifs is 8. The molecular formula is C42H24BN3O. The lowest BCUT2D eigenvalue weighted by Gasteiger charge is -2.46. The molecule has 0 atom stereocenters. The molecule has 4 nitrogen and oxygen atoms in total. The van der Waals surface area contributed by atoms with Gasteiger partial charge in [0.15, 0.2) is 0 Å². The standard InChI is InChI=1S/C42H24BN3O/c1-3-11-25(12-4-1)44-30-16-9-17-31-38(30)43-39-32(44)18-10-19-33(39)46-41-27(22-24-36-37(41)29-15-7-8-20-35(29)47-36)28-21-23-34(40(43)42(28)46)45(31)26-13-5-2-6-14-26/h1-24H. The molecule has 7 aromatic carbocycles. The number of hydrogen-bond donors (Lipinski definition) is 0. The molecule has 0 bridgehead atoms. The summed E-state index contributed by atoms with van der Waals surface area (Å²) in [4.78, 5) is 4.96. The lowest BCUT2D eigenvalue weighted by molar-refractivity contribution is 0.669. The average molecular weight is 597 g/mol. The molecule has 0 N–H and O–H groups in total. The molecule has 3 aliphatic rings. The Hall–Kier alpha value is -6.20. The minimum atomic E-state index is 0.0967. The van der Waals surface area contributed by atoms with Crippen molar-refractivity contribution in [2.75, 3.05) is 9.80 Å². The van der Waals surface area contributed by atoms with Gasteiger partial charge >= 0.3 is 0 Å². The van der Waals surface area contributed by atoms with Crippen molar-refractivity contribution >= 4 is 101 Å². The Kier molecular flexibility index (Phi) is 4.27. The summed E-state index contributed by atoms with van der Waals surface area (Å²) in [6.45, 7) is 0.0967. The largest absolute Gasteiger partial charge is 0.456 e. The van der Waals surface area contributed by atoms with Crippen LogP contribution in [0, 0.1) is 0 Å². The van der Waals surface area contributed by atoms with Gasteiger partial charge in [0.1, 0.15) is 11.2 Å². The molecule has 0 fully saturated rings. The van der Waals surface area contributed by atoms with Crippen LogP contribution in [0.2, 0.25) is 0 Å². The molecule has 2 aromatic heterocycles. The molecule has 0 saturated carbocycles. The van der Waals surface area contributed by atoms with Crippen molar-refractivity contribution in [2.24, 2.45) is 0 Å². The van der Waals surface area contributed by atoms with Crippen LogP contribution in [0.25, 0.3) is 49.4 Å². The Balaban J connectivity index is 1.33. The zero-order valence-corrected chi connectivity index (χ0v) is 25.2. The van der Waals surface area contributed by atoms with Crippen LogP contribution >= 0.6 is 0 Å². The molecule has 5 heteroatoms. The molecule has 5 heterocycles. The van der Waals surface area contributed by atoms with E-state index in [4.69, 9.17) is 4.42 Å². The van der Waals surface area contributed by atoms with E-state index in [1.807, 2.05) is 0 Å². The summed E-state index contributed by atoms with van der Waals surface area (Å²) in [5, 5.41) is 4.86. The predicted molar refractivity (Wildman–Crippen MR) is 196 cm³/mol. The summed E-state index contributed by atoms with van der Waals surface area (Å²) in [6, 6.07) is 53.0. The zero-order valence-electron chi connectivity index (χ0n) is 25.2. The van der Waals surface area contributed by atoms with Crippen LogP contribution in [0.4, 0.5) is 34.1 Å². The number of hydrogen-bond acceptors (Lipinski definition) is 3. The van der Waals surface area contributed by atoms with Gasteiger partial charge in [0, 0.05) is 56.0 Å². The third-order valence-electron chi connectivity index (χ3n) is 10.7. The Bertz CT molecular complexity index is 2800. The summed E-state index contributed by atoms with van der Waals surface area (Å²) >= 11 is 0. The highest BCUT2D eigenvalue weighted by Gasteiger charge is 2.48. The highest BCUT2D eigenvalue weighted by molar-refractivity contribution is 7.02. The lowest BCUT2D eigenvalue weighted by atomic mass is 9.32. The number of anilines is 6. The normalized spacial score (nSPS) is 13.8. The maximum atomic E-state index is 6.47. The highest BCUT2D eigenvalue weighted by Crippen LogP contribution is 2.49. The van der Waals surface area contributed by atoms with Crippen molar-refractivity contribution in [2.45, 2.75) is 0 Å². The van der Waals surface area contributed by atoms with Crippen LogP contribution in [0.5, 0.6) is 0 Å². The first kappa shape index (κ1) is 24.1. The summed E-state index contributed by atoms with van der Waals surface area (Å²) in [6.07, 6.45) is 0. The van der Waals surface area contributed by atoms with Crippen molar-refractivity contribution in [3.8, 4) is 5.69 Å². The van der Waals surface area contributed by atoms with Crippen LogP contribution in [-0.4, -0.2) is 11.3 Å². The van der Waals surface area contributed by atoms with Crippen molar-refractivity contribution < 1.29 is 4.42 Å². The van der Waals surface area contributed by atoms with Crippen molar-refractivity contribution in [3.63, 3.8) is 0 Å². The lowest BCUT2D eigenvalue weighted by Crippen LogP contribution is -2.64. The quantitative estimate of drug-likeness (QED) is 0.186. The molecule has 47 heavy (non-hydrogen) atoms. The molecule has 0 radical (unpaired) electrons. The Morgan fingerprint density at radius 2 is 0.936 bits per heavy atom. The molecule has 0 spiro atoms. The molecule has 0 saturated heterocycles. The van der Waals surface area contributed by atoms with Crippen molar-refractivity contribution in [1.29, 1.82) is 0 Å². The maximum absolute atomic E-state index is 6.47. The monoisotopic (exact) mass is 597 g/mol. The van der Waals surface area contributed by atoms with Gasteiger partial charge in [-0.05, 0) is 89.2 Å². The first-order chi connectivity index (χ1) is 23.4. The Morgan fingerprint density at radius 3 is 1.64 bits per heavy atom. The van der Waals surface area contributed by atoms with Crippen LogP contribution in [0.15, 0.2) is 150 Å². The van der Waals surface area contributed by atoms with Crippen molar-refractivity contribution in [1.82, 2.24) is 4.57 Å². The Morgan fingerprint density at radius 1 is 0.383 bits per heavy atom. The minimum Gasteiger partial charge on any atom is -0.456 e. The first-order valence-electron chi connectivity index (χ1n) is 16.2. The Labute approximate surface area is 270 Å². The number of furan rings is 1. The van der Waals surface area contributed by atoms with E-state index in [0.29, 0.717) is 0 Å². The van der Waals surface area contributed by atoms with E-state index in [1.165, 1.54) is 72.0 Å².